The lowest BCUT2D eigenvalue weighted by atomic mass is 9.77. The summed E-state index contributed by atoms with van der Waals surface area (Å²) in [5.41, 5.74) is 8.14. The zero-order chi connectivity index (χ0) is 29.7. The molecule has 0 saturated heterocycles. The predicted molar refractivity (Wildman–Crippen MR) is 172 cm³/mol. The number of nitrogens with one attached hydrogen (secondary N) is 1. The average molecular weight is 587 g/mol. The van der Waals surface area contributed by atoms with E-state index >= 15 is 0 Å². The lowest BCUT2D eigenvalue weighted by molar-refractivity contribution is 0.0224. The molecule has 1 spiro atoms. The zero-order valence-electron chi connectivity index (χ0n) is 24.3. The van der Waals surface area contributed by atoms with Crippen LogP contribution in [0.5, 0.6) is 11.5 Å². The van der Waals surface area contributed by atoms with Crippen molar-refractivity contribution in [2.75, 3.05) is 16.8 Å². The standard InChI is InChI=1S/C37H31ClN2O3/c1-4-40(22-25-12-6-5-11-23(25)2)33-21-32(24(3)19-31(33)38)39-26-17-18-35-30(20-26)37(29-15-9-10-16-34(29)42-35)28-14-8-7-13-27(28)36(41)43-37/h5-21,39H,4,22H2,1-3H3. The van der Waals surface area contributed by atoms with Crippen LogP contribution in [0.15, 0.2) is 103 Å². The van der Waals surface area contributed by atoms with Gasteiger partial charge in [-0.25, -0.2) is 4.79 Å². The molecule has 0 amide bonds. The van der Waals surface area contributed by atoms with Gasteiger partial charge in [0.1, 0.15) is 11.5 Å². The Bertz CT molecular complexity index is 1900. The Balaban J connectivity index is 1.30. The highest BCUT2D eigenvalue weighted by molar-refractivity contribution is 6.33. The Morgan fingerprint density at radius 2 is 1.51 bits per heavy atom. The minimum Gasteiger partial charge on any atom is -0.456 e. The van der Waals surface area contributed by atoms with Crippen LogP contribution in [-0.2, 0) is 16.9 Å². The molecular formula is C37H31ClN2O3. The third kappa shape index (κ3) is 4.43. The molecule has 214 valence electrons. The highest BCUT2D eigenvalue weighted by Crippen LogP contribution is 2.56. The summed E-state index contributed by atoms with van der Waals surface area (Å²) >= 11 is 6.84. The van der Waals surface area contributed by atoms with Crippen LogP contribution < -0.4 is 15.0 Å². The van der Waals surface area contributed by atoms with E-state index < -0.39 is 5.60 Å². The van der Waals surface area contributed by atoms with E-state index in [2.05, 4.69) is 54.4 Å². The molecule has 0 bridgehead atoms. The van der Waals surface area contributed by atoms with Crippen LogP contribution in [0.3, 0.4) is 0 Å². The summed E-state index contributed by atoms with van der Waals surface area (Å²) in [6, 6.07) is 33.9. The summed E-state index contributed by atoms with van der Waals surface area (Å²) in [6.07, 6.45) is 0. The van der Waals surface area contributed by atoms with Gasteiger partial charge in [0.05, 0.1) is 16.3 Å². The van der Waals surface area contributed by atoms with Gasteiger partial charge in [0.25, 0.3) is 0 Å². The monoisotopic (exact) mass is 586 g/mol. The van der Waals surface area contributed by atoms with Crippen molar-refractivity contribution in [1.29, 1.82) is 0 Å². The minimum absolute atomic E-state index is 0.344. The number of fused-ring (bicyclic) bond motifs is 6. The number of para-hydroxylation sites is 1. The average Bonchev–Trinajstić information content (AvgIpc) is 3.31. The minimum atomic E-state index is -1.11. The SMILES string of the molecule is CCN(Cc1ccccc1C)c1cc(Nc2ccc3c(c2)C2(OC(=O)c4ccccc42)c2ccccc2O3)c(C)cc1Cl. The Kier molecular flexibility index (Phi) is 6.63. The Morgan fingerprint density at radius 3 is 2.33 bits per heavy atom. The highest BCUT2D eigenvalue weighted by atomic mass is 35.5. The number of carbonyl (C=O) groups excluding carboxylic acids is 1. The summed E-state index contributed by atoms with van der Waals surface area (Å²) in [6.45, 7) is 7.89. The van der Waals surface area contributed by atoms with Crippen molar-refractivity contribution in [3.8, 4) is 11.5 Å². The zero-order valence-corrected chi connectivity index (χ0v) is 25.0. The van der Waals surface area contributed by atoms with E-state index in [1.54, 1.807) is 0 Å². The van der Waals surface area contributed by atoms with Crippen molar-refractivity contribution in [3.63, 3.8) is 0 Å². The van der Waals surface area contributed by atoms with Crippen LogP contribution in [-0.4, -0.2) is 12.5 Å². The highest BCUT2D eigenvalue weighted by Gasteiger charge is 2.53. The second kappa shape index (κ2) is 10.5. The fourth-order valence-corrected chi connectivity index (χ4v) is 6.59. The summed E-state index contributed by atoms with van der Waals surface area (Å²) in [5.74, 6) is 0.979. The van der Waals surface area contributed by atoms with Crippen LogP contribution in [0.2, 0.25) is 5.02 Å². The molecule has 0 radical (unpaired) electrons. The third-order valence-corrected chi connectivity index (χ3v) is 8.84. The maximum Gasteiger partial charge on any atom is 0.340 e. The molecular weight excluding hydrogens is 556 g/mol. The molecule has 5 aromatic carbocycles. The van der Waals surface area contributed by atoms with Gasteiger partial charge in [0.2, 0.25) is 0 Å². The van der Waals surface area contributed by atoms with Gasteiger partial charge in [-0.05, 0) is 79.9 Å². The molecule has 0 saturated carbocycles. The van der Waals surface area contributed by atoms with Gasteiger partial charge in [-0.2, -0.15) is 0 Å². The van der Waals surface area contributed by atoms with Crippen LogP contribution in [0, 0.1) is 13.8 Å². The largest absolute Gasteiger partial charge is 0.456 e. The summed E-state index contributed by atoms with van der Waals surface area (Å²) in [7, 11) is 0. The maximum atomic E-state index is 13.2. The smallest absolute Gasteiger partial charge is 0.340 e. The van der Waals surface area contributed by atoms with E-state index in [0.29, 0.717) is 22.1 Å². The number of ether oxygens (including phenoxy) is 2. The first-order valence-corrected chi connectivity index (χ1v) is 14.9. The van der Waals surface area contributed by atoms with Crippen molar-refractivity contribution in [2.24, 2.45) is 0 Å². The van der Waals surface area contributed by atoms with Crippen LogP contribution in [0.4, 0.5) is 17.1 Å². The van der Waals surface area contributed by atoms with Crippen molar-refractivity contribution < 1.29 is 14.3 Å². The molecule has 1 N–H and O–H groups in total. The van der Waals surface area contributed by atoms with Crippen molar-refractivity contribution in [3.05, 3.63) is 147 Å². The first-order chi connectivity index (χ1) is 20.9. The van der Waals surface area contributed by atoms with Gasteiger partial charge >= 0.3 is 5.97 Å². The molecule has 2 aliphatic heterocycles. The summed E-state index contributed by atoms with van der Waals surface area (Å²) in [4.78, 5) is 15.5. The van der Waals surface area contributed by atoms with Crippen molar-refractivity contribution in [1.82, 2.24) is 0 Å². The van der Waals surface area contributed by atoms with Gasteiger partial charge < -0.3 is 19.7 Å². The molecule has 5 nitrogen and oxygen atoms in total. The first kappa shape index (κ1) is 27.1. The van der Waals surface area contributed by atoms with Crippen molar-refractivity contribution in [2.45, 2.75) is 32.9 Å². The van der Waals surface area contributed by atoms with E-state index in [4.69, 9.17) is 21.1 Å². The summed E-state index contributed by atoms with van der Waals surface area (Å²) < 4.78 is 12.7. The Hall–Kier alpha value is -4.74. The maximum absolute atomic E-state index is 13.2. The second-order valence-corrected chi connectivity index (χ2v) is 11.5. The van der Waals surface area contributed by atoms with Gasteiger partial charge in [0.15, 0.2) is 5.60 Å². The van der Waals surface area contributed by atoms with E-state index in [-0.39, 0.29) is 5.97 Å². The third-order valence-electron chi connectivity index (χ3n) is 8.53. The number of esters is 1. The van der Waals surface area contributed by atoms with E-state index in [1.165, 1.54) is 11.1 Å². The van der Waals surface area contributed by atoms with E-state index in [0.717, 1.165) is 52.4 Å². The lowest BCUT2D eigenvalue weighted by Crippen LogP contribution is -2.33. The number of benzene rings is 5. The number of anilines is 3. The Morgan fingerprint density at radius 1 is 0.791 bits per heavy atom. The fraction of sp³-hybridized carbons (Fsp3) is 0.162. The van der Waals surface area contributed by atoms with Gasteiger partial charge in [-0.3, -0.25) is 0 Å². The quantitative estimate of drug-likeness (QED) is 0.201. The van der Waals surface area contributed by atoms with E-state index in [1.807, 2.05) is 79.7 Å². The Labute approximate surface area is 256 Å². The number of aryl methyl sites for hydroxylation is 2. The van der Waals surface area contributed by atoms with Crippen molar-refractivity contribution >= 4 is 34.6 Å². The molecule has 1 atom stereocenters. The van der Waals surface area contributed by atoms with Gasteiger partial charge in [0, 0.05) is 41.2 Å². The number of hydrogen-bond acceptors (Lipinski definition) is 5. The number of rotatable bonds is 6. The topological polar surface area (TPSA) is 50.8 Å². The molecule has 0 aromatic heterocycles. The molecule has 1 unspecified atom stereocenters. The molecule has 6 heteroatoms. The van der Waals surface area contributed by atoms with Crippen LogP contribution in [0.1, 0.15) is 50.7 Å². The van der Waals surface area contributed by atoms with Gasteiger partial charge in [-0.1, -0.05) is 72.3 Å². The molecule has 5 aromatic rings. The van der Waals surface area contributed by atoms with E-state index in [9.17, 15) is 4.79 Å². The molecule has 2 aliphatic rings. The molecule has 2 heterocycles. The summed E-state index contributed by atoms with van der Waals surface area (Å²) in [5, 5.41) is 4.34. The molecule has 7 rings (SSSR count). The second-order valence-electron chi connectivity index (χ2n) is 11.1. The molecule has 0 aliphatic carbocycles. The lowest BCUT2D eigenvalue weighted by Gasteiger charge is -2.36. The first-order valence-electron chi connectivity index (χ1n) is 14.5. The van der Waals surface area contributed by atoms with Crippen LogP contribution >= 0.6 is 11.6 Å². The normalized spacial score (nSPS) is 16.1. The molecule has 0 fully saturated rings. The predicted octanol–water partition coefficient (Wildman–Crippen LogP) is 9.29. The number of nitrogens with zero attached hydrogens (tertiary/aromatic N) is 1. The van der Waals surface area contributed by atoms with Crippen LogP contribution in [0.25, 0.3) is 0 Å². The fourth-order valence-electron chi connectivity index (χ4n) is 6.25. The van der Waals surface area contributed by atoms with Gasteiger partial charge in [-0.15, -0.1) is 0 Å². The number of carbonyl (C=O) groups is 1. The molecule has 43 heavy (non-hydrogen) atoms. The number of hydrogen-bond donors (Lipinski definition) is 1. The number of halogens is 1.